The summed E-state index contributed by atoms with van der Waals surface area (Å²) in [5, 5.41) is 2.82. The largest absolute Gasteiger partial charge is 0.356 e. The molecule has 0 saturated carbocycles. The van der Waals surface area contributed by atoms with Crippen LogP contribution in [0.3, 0.4) is 0 Å². The highest BCUT2D eigenvalue weighted by molar-refractivity contribution is 5.75. The van der Waals surface area contributed by atoms with Crippen LogP contribution in [-0.2, 0) is 4.79 Å². The second-order valence-corrected chi connectivity index (χ2v) is 5.03. The normalized spacial score (nSPS) is 13.9. The third-order valence-corrected chi connectivity index (χ3v) is 1.87. The molecule has 0 aliphatic heterocycles. The van der Waals surface area contributed by atoms with Crippen molar-refractivity contribution in [2.45, 2.75) is 47.5 Å². The van der Waals surface area contributed by atoms with E-state index in [9.17, 15) is 4.79 Å². The molecule has 0 rings (SSSR count). The van der Waals surface area contributed by atoms with E-state index < -0.39 is 0 Å². The molecular weight excluding hydrogens is 162 g/mol. The zero-order valence-electron chi connectivity index (χ0n) is 9.61. The molecule has 1 amide bonds. The molecule has 0 bridgehead atoms. The molecule has 0 radical (unpaired) electrons. The summed E-state index contributed by atoms with van der Waals surface area (Å²) >= 11 is 0. The molecule has 0 aliphatic rings. The first-order valence-electron chi connectivity index (χ1n) is 5.12. The number of carbonyl (C=O) groups excluding carboxylic acids is 1. The Balaban J connectivity index is 3.74. The highest BCUT2D eigenvalue weighted by Crippen LogP contribution is 2.25. The first-order valence-corrected chi connectivity index (χ1v) is 5.12. The third kappa shape index (κ3) is 7.82. The minimum atomic E-state index is 0.180. The summed E-state index contributed by atoms with van der Waals surface area (Å²) in [6.07, 6.45) is 1.76. The van der Waals surface area contributed by atoms with Gasteiger partial charge in [-0.3, -0.25) is 4.79 Å². The van der Waals surface area contributed by atoms with Crippen molar-refractivity contribution in [3.63, 3.8) is 0 Å². The second-order valence-electron chi connectivity index (χ2n) is 5.03. The van der Waals surface area contributed by atoms with E-state index in [2.05, 4.69) is 33.0 Å². The molecule has 0 aliphatic carbocycles. The Hall–Kier alpha value is -0.530. The van der Waals surface area contributed by atoms with Crippen LogP contribution < -0.4 is 5.32 Å². The van der Waals surface area contributed by atoms with Crippen molar-refractivity contribution in [1.29, 1.82) is 0 Å². The molecule has 0 aromatic carbocycles. The van der Waals surface area contributed by atoms with E-state index in [0.717, 1.165) is 13.0 Å². The SMILES string of the molecule is CCNC(=O)CC(C)CC(C)(C)C. The fourth-order valence-electron chi connectivity index (χ4n) is 1.70. The highest BCUT2D eigenvalue weighted by Gasteiger charge is 2.17. The lowest BCUT2D eigenvalue weighted by Gasteiger charge is -2.22. The molecule has 0 saturated heterocycles. The molecule has 2 heteroatoms. The van der Waals surface area contributed by atoms with E-state index in [1.54, 1.807) is 0 Å². The van der Waals surface area contributed by atoms with Crippen LogP contribution in [0.1, 0.15) is 47.5 Å². The molecule has 0 aromatic rings. The number of rotatable bonds is 4. The van der Waals surface area contributed by atoms with Crippen LogP contribution in [-0.4, -0.2) is 12.5 Å². The number of nitrogens with one attached hydrogen (secondary N) is 1. The predicted octanol–water partition coefficient (Wildman–Crippen LogP) is 2.58. The fraction of sp³-hybridized carbons (Fsp3) is 0.909. The van der Waals surface area contributed by atoms with Crippen molar-refractivity contribution in [1.82, 2.24) is 5.32 Å². The summed E-state index contributed by atoms with van der Waals surface area (Å²) in [5.74, 6) is 0.658. The Labute approximate surface area is 82.1 Å². The maximum atomic E-state index is 11.2. The first-order chi connectivity index (χ1) is 5.85. The Kier molecular flexibility index (Phi) is 5.04. The van der Waals surface area contributed by atoms with Crippen LogP contribution >= 0.6 is 0 Å². The van der Waals surface area contributed by atoms with Crippen LogP contribution in [0.25, 0.3) is 0 Å². The van der Waals surface area contributed by atoms with Gasteiger partial charge < -0.3 is 5.32 Å². The standard InChI is InChI=1S/C11H23NO/c1-6-12-10(13)7-9(2)8-11(3,4)5/h9H,6-8H2,1-5H3,(H,12,13). The van der Waals surface area contributed by atoms with Gasteiger partial charge in [0.05, 0.1) is 0 Å². The fourth-order valence-corrected chi connectivity index (χ4v) is 1.70. The maximum absolute atomic E-state index is 11.2. The minimum Gasteiger partial charge on any atom is -0.356 e. The number of hydrogen-bond acceptors (Lipinski definition) is 1. The zero-order chi connectivity index (χ0) is 10.5. The van der Waals surface area contributed by atoms with E-state index in [-0.39, 0.29) is 5.91 Å². The lowest BCUT2D eigenvalue weighted by molar-refractivity contribution is -0.121. The Bertz CT molecular complexity index is 158. The maximum Gasteiger partial charge on any atom is 0.220 e. The Morgan fingerprint density at radius 2 is 1.92 bits per heavy atom. The second kappa shape index (κ2) is 5.25. The van der Waals surface area contributed by atoms with Gasteiger partial charge in [-0.1, -0.05) is 27.7 Å². The quantitative estimate of drug-likeness (QED) is 0.716. The average molecular weight is 185 g/mol. The van der Waals surface area contributed by atoms with Crippen LogP contribution in [0, 0.1) is 11.3 Å². The van der Waals surface area contributed by atoms with E-state index in [0.29, 0.717) is 17.8 Å². The topological polar surface area (TPSA) is 29.1 Å². The van der Waals surface area contributed by atoms with Crippen molar-refractivity contribution >= 4 is 5.91 Å². The summed E-state index contributed by atoms with van der Waals surface area (Å²) in [6, 6.07) is 0. The van der Waals surface area contributed by atoms with Gasteiger partial charge in [0.1, 0.15) is 0 Å². The van der Waals surface area contributed by atoms with Crippen molar-refractivity contribution in [3.8, 4) is 0 Å². The van der Waals surface area contributed by atoms with Gasteiger partial charge in [-0.05, 0) is 24.7 Å². The molecule has 1 N–H and O–H groups in total. The van der Waals surface area contributed by atoms with E-state index in [4.69, 9.17) is 0 Å². The first kappa shape index (κ1) is 12.5. The number of amides is 1. The van der Waals surface area contributed by atoms with Crippen LogP contribution in [0.15, 0.2) is 0 Å². The highest BCUT2D eigenvalue weighted by atomic mass is 16.1. The average Bonchev–Trinajstić information content (AvgIpc) is 1.81. The van der Waals surface area contributed by atoms with Crippen molar-refractivity contribution in [2.24, 2.45) is 11.3 Å². The molecule has 78 valence electrons. The van der Waals surface area contributed by atoms with Gasteiger partial charge in [0.15, 0.2) is 0 Å². The summed E-state index contributed by atoms with van der Waals surface area (Å²) in [7, 11) is 0. The van der Waals surface area contributed by atoms with E-state index >= 15 is 0 Å². The van der Waals surface area contributed by atoms with Crippen LogP contribution in [0.5, 0.6) is 0 Å². The van der Waals surface area contributed by atoms with Crippen LogP contribution in [0.2, 0.25) is 0 Å². The molecule has 0 aromatic heterocycles. The lowest BCUT2D eigenvalue weighted by Crippen LogP contribution is -2.25. The van der Waals surface area contributed by atoms with Gasteiger partial charge in [-0.2, -0.15) is 0 Å². The zero-order valence-corrected chi connectivity index (χ0v) is 9.61. The van der Waals surface area contributed by atoms with Gasteiger partial charge in [0.2, 0.25) is 5.91 Å². The van der Waals surface area contributed by atoms with Gasteiger partial charge in [0.25, 0.3) is 0 Å². The molecule has 0 spiro atoms. The smallest absolute Gasteiger partial charge is 0.220 e. The van der Waals surface area contributed by atoms with E-state index in [1.807, 2.05) is 6.92 Å². The molecule has 2 nitrogen and oxygen atoms in total. The number of carbonyl (C=O) groups is 1. The minimum absolute atomic E-state index is 0.180. The van der Waals surface area contributed by atoms with Crippen molar-refractivity contribution in [2.75, 3.05) is 6.54 Å². The molecule has 1 unspecified atom stereocenters. The predicted molar refractivity (Wildman–Crippen MR) is 56.5 cm³/mol. The van der Waals surface area contributed by atoms with Gasteiger partial charge in [-0.15, -0.1) is 0 Å². The Morgan fingerprint density at radius 3 is 2.31 bits per heavy atom. The monoisotopic (exact) mass is 185 g/mol. The van der Waals surface area contributed by atoms with Crippen molar-refractivity contribution in [3.05, 3.63) is 0 Å². The van der Waals surface area contributed by atoms with E-state index in [1.165, 1.54) is 0 Å². The molecule has 0 fully saturated rings. The van der Waals surface area contributed by atoms with Gasteiger partial charge in [-0.25, -0.2) is 0 Å². The molecule has 0 heterocycles. The Morgan fingerprint density at radius 1 is 1.38 bits per heavy atom. The summed E-state index contributed by atoms with van der Waals surface area (Å²) in [4.78, 5) is 11.2. The lowest BCUT2D eigenvalue weighted by atomic mass is 9.84. The molecule has 13 heavy (non-hydrogen) atoms. The summed E-state index contributed by atoms with van der Waals surface area (Å²) in [6.45, 7) is 11.5. The molecular formula is C11H23NO. The van der Waals surface area contributed by atoms with Crippen molar-refractivity contribution < 1.29 is 4.79 Å². The summed E-state index contributed by atoms with van der Waals surface area (Å²) in [5.41, 5.74) is 0.325. The van der Waals surface area contributed by atoms with Crippen LogP contribution in [0.4, 0.5) is 0 Å². The number of hydrogen-bond donors (Lipinski definition) is 1. The molecule has 1 atom stereocenters. The van der Waals surface area contributed by atoms with Gasteiger partial charge in [0, 0.05) is 13.0 Å². The van der Waals surface area contributed by atoms with Gasteiger partial charge >= 0.3 is 0 Å². The summed E-state index contributed by atoms with van der Waals surface area (Å²) < 4.78 is 0. The third-order valence-electron chi connectivity index (χ3n) is 1.87.